The molecule has 0 aliphatic carbocycles. The lowest BCUT2D eigenvalue weighted by molar-refractivity contribution is 0.460. The molecule has 0 amide bonds. The van der Waals surface area contributed by atoms with Crippen molar-refractivity contribution in [1.29, 1.82) is 0 Å². The Kier molecular flexibility index (Phi) is 9.50. The van der Waals surface area contributed by atoms with Crippen LogP contribution in [-0.4, -0.2) is 30.6 Å². The highest BCUT2D eigenvalue weighted by molar-refractivity contribution is 5.29. The summed E-state index contributed by atoms with van der Waals surface area (Å²) in [5.74, 6) is 1.02. The van der Waals surface area contributed by atoms with Gasteiger partial charge in [0.25, 0.3) is 0 Å². The smallest absolute Gasteiger partial charge is 0.115 e. The third-order valence-corrected chi connectivity index (χ3v) is 2.55. The van der Waals surface area contributed by atoms with Gasteiger partial charge < -0.3 is 30.6 Å². The van der Waals surface area contributed by atoms with Crippen molar-refractivity contribution in [1.82, 2.24) is 0 Å². The second-order valence-electron chi connectivity index (χ2n) is 4.55. The van der Waals surface area contributed by atoms with Crippen molar-refractivity contribution in [2.75, 3.05) is 0 Å². The van der Waals surface area contributed by atoms with Crippen molar-refractivity contribution in [2.24, 2.45) is 0 Å². The first-order valence-corrected chi connectivity index (χ1v) is 6.81. The number of phenolic OH excluding ortho intramolecular Hbond substituents is 6. The molecule has 0 bridgehead atoms. The number of benzene rings is 3. The highest BCUT2D eigenvalue weighted by atomic mass is 16.3. The normalized spacial score (nSPS) is 8.64. The van der Waals surface area contributed by atoms with Crippen LogP contribution in [0.25, 0.3) is 0 Å². The van der Waals surface area contributed by atoms with Gasteiger partial charge in [0.1, 0.15) is 34.5 Å². The molecule has 0 radical (unpaired) electrons. The molecule has 3 aromatic carbocycles. The van der Waals surface area contributed by atoms with Crippen LogP contribution in [0.1, 0.15) is 7.43 Å². The van der Waals surface area contributed by atoms with Gasteiger partial charge in [0.2, 0.25) is 0 Å². The van der Waals surface area contributed by atoms with Crippen molar-refractivity contribution < 1.29 is 30.6 Å². The zero-order valence-corrected chi connectivity index (χ0v) is 12.6. The molecule has 0 spiro atoms. The van der Waals surface area contributed by atoms with E-state index in [0.29, 0.717) is 0 Å². The third kappa shape index (κ3) is 9.96. The summed E-state index contributed by atoms with van der Waals surface area (Å²) >= 11 is 0. The molecule has 0 saturated carbocycles. The van der Waals surface area contributed by atoms with Crippen LogP contribution in [0.5, 0.6) is 34.5 Å². The zero-order valence-electron chi connectivity index (χ0n) is 12.6. The Bertz CT molecular complexity index is 540. The van der Waals surface area contributed by atoms with Crippen molar-refractivity contribution in [2.45, 2.75) is 7.43 Å². The Morgan fingerprint density at radius 3 is 0.440 bits per heavy atom. The standard InChI is InChI=1S/3C6H6O2.CH4/c3*7-5-1-2-6(8)4-3-5;/h3*1-4,7-8H;1H4. The molecule has 0 aliphatic rings. The Labute approximate surface area is 146 Å². The van der Waals surface area contributed by atoms with Gasteiger partial charge in [-0.05, 0) is 72.8 Å². The molecule has 0 saturated heterocycles. The Morgan fingerprint density at radius 1 is 0.280 bits per heavy atom. The van der Waals surface area contributed by atoms with E-state index in [1.807, 2.05) is 0 Å². The minimum absolute atomic E-state index is 0. The van der Waals surface area contributed by atoms with Gasteiger partial charge in [-0.1, -0.05) is 7.43 Å². The maximum atomic E-state index is 8.65. The number of rotatable bonds is 0. The minimum Gasteiger partial charge on any atom is -0.508 e. The van der Waals surface area contributed by atoms with Crippen LogP contribution < -0.4 is 0 Å². The number of hydrogen-bond acceptors (Lipinski definition) is 6. The lowest BCUT2D eigenvalue weighted by Crippen LogP contribution is -1.61. The molecular formula is C19H22O6. The monoisotopic (exact) mass is 346 g/mol. The quantitative estimate of drug-likeness (QED) is 0.343. The molecule has 6 nitrogen and oxygen atoms in total. The van der Waals surface area contributed by atoms with E-state index in [1.165, 1.54) is 72.8 Å². The second kappa shape index (κ2) is 11.1. The van der Waals surface area contributed by atoms with Crippen LogP contribution in [0.4, 0.5) is 0 Å². The Hall–Kier alpha value is -3.54. The largest absolute Gasteiger partial charge is 0.508 e. The maximum Gasteiger partial charge on any atom is 0.115 e. The van der Waals surface area contributed by atoms with Gasteiger partial charge >= 0.3 is 0 Å². The van der Waals surface area contributed by atoms with E-state index >= 15 is 0 Å². The van der Waals surface area contributed by atoms with Crippen molar-refractivity contribution in [3.05, 3.63) is 72.8 Å². The average molecular weight is 346 g/mol. The van der Waals surface area contributed by atoms with E-state index in [1.54, 1.807) is 0 Å². The molecule has 134 valence electrons. The molecule has 0 atom stereocenters. The summed E-state index contributed by atoms with van der Waals surface area (Å²) in [5, 5.41) is 51.9. The second-order valence-corrected chi connectivity index (χ2v) is 4.55. The average Bonchev–Trinajstić information content (AvgIpc) is 2.57. The summed E-state index contributed by atoms with van der Waals surface area (Å²) < 4.78 is 0. The van der Waals surface area contributed by atoms with E-state index in [0.717, 1.165) is 0 Å². The SMILES string of the molecule is C.Oc1ccc(O)cc1.Oc1ccc(O)cc1.Oc1ccc(O)cc1. The zero-order chi connectivity index (χ0) is 17.9. The summed E-state index contributed by atoms with van der Waals surface area (Å²) in [6, 6.07) is 17.1. The fraction of sp³-hybridized carbons (Fsp3) is 0.0526. The highest BCUT2D eigenvalue weighted by Crippen LogP contribution is 2.14. The molecule has 6 N–H and O–H groups in total. The predicted molar refractivity (Wildman–Crippen MR) is 96.0 cm³/mol. The van der Waals surface area contributed by atoms with Crippen molar-refractivity contribution in [3.63, 3.8) is 0 Å². The van der Waals surface area contributed by atoms with E-state index in [9.17, 15) is 0 Å². The molecule has 3 aromatic rings. The van der Waals surface area contributed by atoms with Crippen LogP contribution in [0.2, 0.25) is 0 Å². The fourth-order valence-corrected chi connectivity index (χ4v) is 1.36. The molecule has 0 aromatic heterocycles. The highest BCUT2D eigenvalue weighted by Gasteiger charge is 1.85. The van der Waals surface area contributed by atoms with E-state index in [4.69, 9.17) is 30.6 Å². The summed E-state index contributed by atoms with van der Waals surface area (Å²) in [7, 11) is 0. The van der Waals surface area contributed by atoms with Crippen LogP contribution in [0, 0.1) is 0 Å². The summed E-state index contributed by atoms with van der Waals surface area (Å²) in [6.07, 6.45) is 0. The lowest BCUT2D eigenvalue weighted by atomic mass is 10.3. The summed E-state index contributed by atoms with van der Waals surface area (Å²) in [5.41, 5.74) is 0. The first kappa shape index (κ1) is 21.5. The van der Waals surface area contributed by atoms with Crippen LogP contribution in [0.15, 0.2) is 72.8 Å². The van der Waals surface area contributed by atoms with Crippen LogP contribution in [-0.2, 0) is 0 Å². The molecule has 0 fully saturated rings. The van der Waals surface area contributed by atoms with Gasteiger partial charge in [0.15, 0.2) is 0 Å². The molecular weight excluding hydrogens is 324 g/mol. The van der Waals surface area contributed by atoms with Crippen molar-refractivity contribution in [3.8, 4) is 34.5 Å². The summed E-state index contributed by atoms with van der Waals surface area (Å²) in [6.45, 7) is 0. The third-order valence-electron chi connectivity index (χ3n) is 2.55. The topological polar surface area (TPSA) is 121 Å². The van der Waals surface area contributed by atoms with Crippen LogP contribution in [0.3, 0.4) is 0 Å². The molecule has 0 heterocycles. The van der Waals surface area contributed by atoms with Gasteiger partial charge in [0, 0.05) is 0 Å². The molecule has 6 heteroatoms. The Balaban J connectivity index is 0.000000339. The van der Waals surface area contributed by atoms with Gasteiger partial charge in [-0.15, -0.1) is 0 Å². The molecule has 25 heavy (non-hydrogen) atoms. The van der Waals surface area contributed by atoms with E-state index in [-0.39, 0.29) is 41.9 Å². The van der Waals surface area contributed by atoms with Gasteiger partial charge in [-0.3, -0.25) is 0 Å². The number of phenols is 6. The predicted octanol–water partition coefficient (Wildman–Crippen LogP) is 3.93. The van der Waals surface area contributed by atoms with Crippen molar-refractivity contribution >= 4 is 0 Å². The van der Waals surface area contributed by atoms with E-state index < -0.39 is 0 Å². The molecule has 3 rings (SSSR count). The first-order valence-electron chi connectivity index (χ1n) is 6.81. The lowest BCUT2D eigenvalue weighted by Gasteiger charge is -1.88. The maximum absolute atomic E-state index is 8.65. The number of aromatic hydroxyl groups is 6. The van der Waals surface area contributed by atoms with Gasteiger partial charge in [-0.25, -0.2) is 0 Å². The molecule has 0 aliphatic heterocycles. The number of hydrogen-bond donors (Lipinski definition) is 6. The van der Waals surface area contributed by atoms with E-state index in [2.05, 4.69) is 0 Å². The fourth-order valence-electron chi connectivity index (χ4n) is 1.36. The van der Waals surface area contributed by atoms with Crippen LogP contribution >= 0.6 is 0 Å². The van der Waals surface area contributed by atoms with Gasteiger partial charge in [-0.2, -0.15) is 0 Å². The molecule has 0 unspecified atom stereocenters. The van der Waals surface area contributed by atoms with Gasteiger partial charge in [0.05, 0.1) is 0 Å². The minimum atomic E-state index is 0. The first-order chi connectivity index (χ1) is 11.4. The summed E-state index contributed by atoms with van der Waals surface area (Å²) in [4.78, 5) is 0. The Morgan fingerprint density at radius 2 is 0.360 bits per heavy atom.